The van der Waals surface area contributed by atoms with Crippen LogP contribution in [-0.4, -0.2) is 10.2 Å². The summed E-state index contributed by atoms with van der Waals surface area (Å²) in [6, 6.07) is 11.2. The summed E-state index contributed by atoms with van der Waals surface area (Å²) in [7, 11) is 0. The lowest BCUT2D eigenvalue weighted by Gasteiger charge is -2.02. The number of hydrogen-bond acceptors (Lipinski definition) is 2. The molecule has 1 heterocycles. The van der Waals surface area contributed by atoms with Crippen LogP contribution in [0.4, 0.5) is 0 Å². The van der Waals surface area contributed by atoms with Crippen molar-refractivity contribution in [1.29, 1.82) is 0 Å². The smallest absolute Gasteiger partial charge is 0.0950 e. The van der Waals surface area contributed by atoms with Crippen molar-refractivity contribution in [2.75, 3.05) is 0 Å². The van der Waals surface area contributed by atoms with E-state index in [1.54, 1.807) is 12.1 Å². The van der Waals surface area contributed by atoms with Crippen LogP contribution in [0.5, 0.6) is 0 Å². The van der Waals surface area contributed by atoms with Crippen LogP contribution in [0, 0.1) is 0 Å². The molecular formula is C12H6Cl2N2. The fourth-order valence-electron chi connectivity index (χ4n) is 1.74. The van der Waals surface area contributed by atoms with Gasteiger partial charge in [0.05, 0.1) is 11.0 Å². The van der Waals surface area contributed by atoms with E-state index in [1.165, 1.54) is 0 Å². The van der Waals surface area contributed by atoms with Crippen LogP contribution in [0.25, 0.3) is 21.8 Å². The summed E-state index contributed by atoms with van der Waals surface area (Å²) < 4.78 is 0. The van der Waals surface area contributed by atoms with Crippen LogP contribution in [0.3, 0.4) is 0 Å². The van der Waals surface area contributed by atoms with Gasteiger partial charge in [-0.3, -0.25) is 0 Å². The fourth-order valence-corrected chi connectivity index (χ4v) is 2.07. The molecular weight excluding hydrogens is 243 g/mol. The molecule has 0 radical (unpaired) electrons. The third-order valence-electron chi connectivity index (χ3n) is 2.48. The van der Waals surface area contributed by atoms with Crippen LogP contribution in [0.2, 0.25) is 10.0 Å². The summed E-state index contributed by atoms with van der Waals surface area (Å²) in [5.41, 5.74) is 1.59. The Labute approximate surface area is 102 Å². The Kier molecular flexibility index (Phi) is 2.20. The van der Waals surface area contributed by atoms with E-state index in [-0.39, 0.29) is 0 Å². The van der Waals surface area contributed by atoms with Gasteiger partial charge in [0.1, 0.15) is 0 Å². The van der Waals surface area contributed by atoms with E-state index in [0.717, 1.165) is 21.8 Å². The third-order valence-corrected chi connectivity index (χ3v) is 2.95. The van der Waals surface area contributed by atoms with Crippen molar-refractivity contribution in [3.05, 3.63) is 46.4 Å². The zero-order chi connectivity index (χ0) is 11.1. The van der Waals surface area contributed by atoms with Crippen LogP contribution >= 0.6 is 23.2 Å². The van der Waals surface area contributed by atoms with Gasteiger partial charge in [0, 0.05) is 20.8 Å². The topological polar surface area (TPSA) is 25.8 Å². The van der Waals surface area contributed by atoms with Crippen molar-refractivity contribution in [3.63, 3.8) is 0 Å². The number of nitrogens with zero attached hydrogens (tertiary/aromatic N) is 2. The molecule has 0 saturated carbocycles. The number of benzene rings is 2. The van der Waals surface area contributed by atoms with Crippen molar-refractivity contribution < 1.29 is 0 Å². The van der Waals surface area contributed by atoms with Gasteiger partial charge >= 0.3 is 0 Å². The number of halogens is 2. The van der Waals surface area contributed by atoms with E-state index < -0.39 is 0 Å². The van der Waals surface area contributed by atoms with Gasteiger partial charge < -0.3 is 0 Å². The van der Waals surface area contributed by atoms with Gasteiger partial charge in [-0.1, -0.05) is 35.3 Å². The SMILES string of the molecule is Clc1ccc2c(c1)nnc1cc(Cl)ccc12. The molecule has 0 unspecified atom stereocenters. The molecule has 0 aliphatic heterocycles. The van der Waals surface area contributed by atoms with Crippen molar-refractivity contribution in [2.45, 2.75) is 0 Å². The Morgan fingerprint density at radius 1 is 0.688 bits per heavy atom. The van der Waals surface area contributed by atoms with E-state index in [0.29, 0.717) is 10.0 Å². The Hall–Kier alpha value is -1.38. The van der Waals surface area contributed by atoms with E-state index in [9.17, 15) is 0 Å². The average molecular weight is 249 g/mol. The Bertz CT molecular complexity index is 634. The first-order valence-corrected chi connectivity index (χ1v) is 5.51. The lowest BCUT2D eigenvalue weighted by Crippen LogP contribution is -1.87. The van der Waals surface area contributed by atoms with E-state index in [2.05, 4.69) is 10.2 Å². The maximum Gasteiger partial charge on any atom is 0.0950 e. The highest BCUT2D eigenvalue weighted by atomic mass is 35.5. The average Bonchev–Trinajstić information content (AvgIpc) is 2.28. The first-order valence-electron chi connectivity index (χ1n) is 4.75. The molecule has 0 fully saturated rings. The van der Waals surface area contributed by atoms with E-state index in [4.69, 9.17) is 23.2 Å². The quantitative estimate of drug-likeness (QED) is 0.561. The second-order valence-corrected chi connectivity index (χ2v) is 4.40. The van der Waals surface area contributed by atoms with Crippen LogP contribution in [0.15, 0.2) is 36.4 Å². The molecule has 0 amide bonds. The minimum Gasteiger partial charge on any atom is -0.150 e. The summed E-state index contributed by atoms with van der Waals surface area (Å²) in [5.74, 6) is 0. The lowest BCUT2D eigenvalue weighted by molar-refractivity contribution is 1.12. The molecule has 4 heteroatoms. The molecule has 0 aliphatic carbocycles. The second kappa shape index (κ2) is 3.58. The summed E-state index contributed by atoms with van der Waals surface area (Å²) in [6.45, 7) is 0. The van der Waals surface area contributed by atoms with Gasteiger partial charge in [0.25, 0.3) is 0 Å². The predicted molar refractivity (Wildman–Crippen MR) is 67.1 cm³/mol. The Morgan fingerprint density at radius 2 is 1.12 bits per heavy atom. The fraction of sp³-hybridized carbons (Fsp3) is 0. The maximum atomic E-state index is 5.91. The van der Waals surface area contributed by atoms with Crippen molar-refractivity contribution >= 4 is 45.0 Å². The molecule has 0 spiro atoms. The summed E-state index contributed by atoms with van der Waals surface area (Å²) >= 11 is 11.8. The zero-order valence-corrected chi connectivity index (χ0v) is 9.63. The first-order chi connectivity index (χ1) is 7.74. The Balaban J connectivity index is 2.50. The van der Waals surface area contributed by atoms with Crippen LogP contribution in [-0.2, 0) is 0 Å². The van der Waals surface area contributed by atoms with Crippen molar-refractivity contribution in [3.8, 4) is 0 Å². The Morgan fingerprint density at radius 3 is 1.56 bits per heavy atom. The van der Waals surface area contributed by atoms with Gasteiger partial charge in [0.15, 0.2) is 0 Å². The monoisotopic (exact) mass is 248 g/mol. The molecule has 3 rings (SSSR count). The number of aromatic nitrogens is 2. The number of hydrogen-bond donors (Lipinski definition) is 0. The highest BCUT2D eigenvalue weighted by Crippen LogP contribution is 2.26. The van der Waals surface area contributed by atoms with E-state index >= 15 is 0 Å². The molecule has 78 valence electrons. The van der Waals surface area contributed by atoms with Crippen molar-refractivity contribution in [2.24, 2.45) is 0 Å². The van der Waals surface area contributed by atoms with Gasteiger partial charge in [-0.15, -0.1) is 10.2 Å². The normalized spacial score (nSPS) is 11.1. The highest BCUT2D eigenvalue weighted by molar-refractivity contribution is 6.32. The highest BCUT2D eigenvalue weighted by Gasteiger charge is 2.04. The number of rotatable bonds is 0. The van der Waals surface area contributed by atoms with Gasteiger partial charge in [-0.05, 0) is 24.3 Å². The maximum absolute atomic E-state index is 5.91. The first kappa shape index (κ1) is 9.82. The van der Waals surface area contributed by atoms with E-state index in [1.807, 2.05) is 24.3 Å². The molecule has 0 bridgehead atoms. The minimum atomic E-state index is 0.662. The molecule has 3 aromatic rings. The molecule has 16 heavy (non-hydrogen) atoms. The minimum absolute atomic E-state index is 0.662. The summed E-state index contributed by atoms with van der Waals surface area (Å²) in [4.78, 5) is 0. The predicted octanol–water partition coefficient (Wildman–Crippen LogP) is 4.09. The molecule has 0 atom stereocenters. The summed E-state index contributed by atoms with van der Waals surface area (Å²) in [5, 5.41) is 11.6. The van der Waals surface area contributed by atoms with Gasteiger partial charge in [-0.2, -0.15) is 0 Å². The largest absolute Gasteiger partial charge is 0.150 e. The molecule has 1 aromatic heterocycles. The van der Waals surface area contributed by atoms with Gasteiger partial charge in [-0.25, -0.2) is 0 Å². The molecule has 0 saturated heterocycles. The third kappa shape index (κ3) is 1.51. The molecule has 2 aromatic carbocycles. The standard InChI is InChI=1S/C12H6Cl2N2/c13-7-1-3-9-10-4-2-8(14)6-12(10)16-15-11(9)5-7/h1-6H. The molecule has 2 nitrogen and oxygen atoms in total. The van der Waals surface area contributed by atoms with Crippen molar-refractivity contribution in [1.82, 2.24) is 10.2 Å². The summed E-state index contributed by atoms with van der Waals surface area (Å²) in [6.07, 6.45) is 0. The van der Waals surface area contributed by atoms with Gasteiger partial charge in [0.2, 0.25) is 0 Å². The van der Waals surface area contributed by atoms with Crippen LogP contribution in [0.1, 0.15) is 0 Å². The second-order valence-electron chi connectivity index (χ2n) is 3.52. The number of fused-ring (bicyclic) bond motifs is 3. The lowest BCUT2D eigenvalue weighted by atomic mass is 10.1. The molecule has 0 N–H and O–H groups in total. The molecule has 0 aliphatic rings. The van der Waals surface area contributed by atoms with Crippen LogP contribution < -0.4 is 0 Å². The zero-order valence-electron chi connectivity index (χ0n) is 8.11.